The third-order valence-corrected chi connectivity index (χ3v) is 6.03. The second-order valence-electron chi connectivity index (χ2n) is 7.49. The second-order valence-corrected chi connectivity index (χ2v) is 8.34. The maximum absolute atomic E-state index is 12.4. The van der Waals surface area contributed by atoms with Gasteiger partial charge in [-0.2, -0.15) is 0 Å². The summed E-state index contributed by atoms with van der Waals surface area (Å²) >= 11 is 1.63. The first-order valence-electron chi connectivity index (χ1n) is 10.3. The number of nitrogens with one attached hydrogen (secondary N) is 1. The molecule has 0 aliphatic carbocycles. The highest BCUT2D eigenvalue weighted by Gasteiger charge is 2.16. The molecule has 3 aromatic rings. The summed E-state index contributed by atoms with van der Waals surface area (Å²) in [4.78, 5) is 17.1. The van der Waals surface area contributed by atoms with Gasteiger partial charge in [0.15, 0.2) is 0 Å². The van der Waals surface area contributed by atoms with Gasteiger partial charge in [0.25, 0.3) is 5.91 Å². The molecule has 5 nitrogen and oxygen atoms in total. The lowest BCUT2D eigenvalue weighted by Gasteiger charge is -2.11. The summed E-state index contributed by atoms with van der Waals surface area (Å²) in [5.41, 5.74) is 3.98. The molecule has 0 spiro atoms. The molecule has 0 bridgehead atoms. The number of amides is 1. The zero-order valence-corrected chi connectivity index (χ0v) is 17.9. The first kappa shape index (κ1) is 20.6. The van der Waals surface area contributed by atoms with Crippen molar-refractivity contribution in [2.45, 2.75) is 32.3 Å². The van der Waals surface area contributed by atoms with Gasteiger partial charge >= 0.3 is 0 Å². The maximum atomic E-state index is 12.4. The summed E-state index contributed by atoms with van der Waals surface area (Å²) in [5.74, 6) is 0.669. The van der Waals surface area contributed by atoms with Crippen molar-refractivity contribution in [1.82, 2.24) is 10.3 Å². The molecule has 2 aromatic carbocycles. The van der Waals surface area contributed by atoms with E-state index >= 15 is 0 Å². The molecule has 30 heavy (non-hydrogen) atoms. The fourth-order valence-electron chi connectivity index (χ4n) is 3.32. The van der Waals surface area contributed by atoms with Gasteiger partial charge in [-0.25, -0.2) is 4.98 Å². The van der Waals surface area contributed by atoms with Crippen molar-refractivity contribution in [1.29, 1.82) is 0 Å². The van der Waals surface area contributed by atoms with Gasteiger partial charge in [-0.05, 0) is 44.0 Å². The molecular weight excluding hydrogens is 396 g/mol. The number of hydrogen-bond donors (Lipinski definition) is 1. The summed E-state index contributed by atoms with van der Waals surface area (Å²) in [5, 5.41) is 6.03. The summed E-state index contributed by atoms with van der Waals surface area (Å²) in [6.45, 7) is 4.00. The topological polar surface area (TPSA) is 60.5 Å². The van der Waals surface area contributed by atoms with Crippen LogP contribution in [-0.4, -0.2) is 36.8 Å². The number of hydrogen-bond acceptors (Lipinski definition) is 5. The Morgan fingerprint density at radius 1 is 1.20 bits per heavy atom. The number of aromatic nitrogens is 1. The van der Waals surface area contributed by atoms with Crippen molar-refractivity contribution in [2.24, 2.45) is 0 Å². The van der Waals surface area contributed by atoms with E-state index in [-0.39, 0.29) is 12.0 Å². The molecule has 2 heterocycles. The van der Waals surface area contributed by atoms with Gasteiger partial charge in [0.1, 0.15) is 17.4 Å². The average Bonchev–Trinajstić information content (AvgIpc) is 3.45. The van der Waals surface area contributed by atoms with Crippen LogP contribution in [0.15, 0.2) is 53.9 Å². The lowest BCUT2D eigenvalue weighted by molar-refractivity contribution is 0.0679. The van der Waals surface area contributed by atoms with Crippen LogP contribution in [0.5, 0.6) is 5.75 Å². The highest BCUT2D eigenvalue weighted by atomic mass is 32.1. The van der Waals surface area contributed by atoms with Gasteiger partial charge in [-0.15, -0.1) is 11.3 Å². The van der Waals surface area contributed by atoms with Gasteiger partial charge in [0.2, 0.25) is 0 Å². The van der Waals surface area contributed by atoms with Crippen LogP contribution in [0, 0.1) is 6.92 Å². The van der Waals surface area contributed by atoms with Crippen LogP contribution in [0.3, 0.4) is 0 Å². The van der Waals surface area contributed by atoms with E-state index in [4.69, 9.17) is 9.47 Å². The molecule has 0 saturated carbocycles. The number of ether oxygens (including phenoxy) is 2. The number of aryl methyl sites for hydroxylation is 1. The molecule has 1 saturated heterocycles. The van der Waals surface area contributed by atoms with E-state index < -0.39 is 0 Å². The predicted molar refractivity (Wildman–Crippen MR) is 119 cm³/mol. The van der Waals surface area contributed by atoms with Crippen LogP contribution in [0.4, 0.5) is 0 Å². The van der Waals surface area contributed by atoms with Crippen LogP contribution < -0.4 is 10.1 Å². The lowest BCUT2D eigenvalue weighted by atomic mass is 10.2. The summed E-state index contributed by atoms with van der Waals surface area (Å²) in [6, 6.07) is 15.6. The Bertz CT molecular complexity index is 961. The van der Waals surface area contributed by atoms with Crippen LogP contribution in [-0.2, 0) is 11.2 Å². The fraction of sp³-hybridized carbons (Fsp3) is 0.333. The molecule has 1 unspecified atom stereocenters. The third kappa shape index (κ3) is 5.46. The van der Waals surface area contributed by atoms with Crippen LogP contribution in [0.25, 0.3) is 10.6 Å². The van der Waals surface area contributed by atoms with E-state index in [0.29, 0.717) is 25.1 Å². The van der Waals surface area contributed by atoms with Gasteiger partial charge in [0.05, 0.1) is 11.8 Å². The Morgan fingerprint density at radius 2 is 2.00 bits per heavy atom. The predicted octanol–water partition coefficient (Wildman–Crippen LogP) is 4.65. The van der Waals surface area contributed by atoms with E-state index in [2.05, 4.69) is 46.9 Å². The average molecular weight is 423 g/mol. The van der Waals surface area contributed by atoms with Crippen LogP contribution in [0.1, 0.15) is 34.5 Å². The molecule has 1 aliphatic heterocycles. The molecule has 1 amide bonds. The molecule has 0 radical (unpaired) electrons. The number of benzene rings is 2. The molecule has 1 fully saturated rings. The highest BCUT2D eigenvalue weighted by Crippen LogP contribution is 2.24. The quantitative estimate of drug-likeness (QED) is 0.574. The molecule has 6 heteroatoms. The Morgan fingerprint density at radius 3 is 2.73 bits per heavy atom. The van der Waals surface area contributed by atoms with E-state index in [1.165, 1.54) is 5.56 Å². The zero-order chi connectivity index (χ0) is 20.8. The third-order valence-electron chi connectivity index (χ3n) is 5.09. The van der Waals surface area contributed by atoms with Gasteiger partial charge in [0, 0.05) is 36.1 Å². The number of rotatable bonds is 8. The maximum Gasteiger partial charge on any atom is 0.251 e. The molecule has 1 N–H and O–H groups in total. The first-order chi connectivity index (χ1) is 14.7. The standard InChI is InChI=1S/C24H26N2O3S/c1-17-4-6-19(7-5-17)24-26-20(16-30-24)12-13-25-23(27)18-8-10-21(11-9-18)29-15-22-3-2-14-28-22/h4-11,16,22H,2-3,12-15H2,1H3,(H,25,27). The van der Waals surface area contributed by atoms with E-state index in [1.807, 2.05) is 12.1 Å². The molecule has 156 valence electrons. The van der Waals surface area contributed by atoms with Crippen molar-refractivity contribution >= 4 is 17.2 Å². The Hall–Kier alpha value is -2.70. The Balaban J connectivity index is 1.23. The van der Waals surface area contributed by atoms with Crippen molar-refractivity contribution < 1.29 is 14.3 Å². The number of thiazole rings is 1. The zero-order valence-electron chi connectivity index (χ0n) is 17.1. The fourth-order valence-corrected chi connectivity index (χ4v) is 4.18. The van der Waals surface area contributed by atoms with Crippen molar-refractivity contribution in [3.8, 4) is 16.3 Å². The second kappa shape index (κ2) is 9.87. The molecular formula is C24H26N2O3S. The minimum Gasteiger partial charge on any atom is -0.491 e. The van der Waals surface area contributed by atoms with Crippen LogP contribution in [0.2, 0.25) is 0 Å². The number of carbonyl (C=O) groups is 1. The van der Waals surface area contributed by atoms with Crippen LogP contribution >= 0.6 is 11.3 Å². The Labute approximate surface area is 181 Å². The number of carbonyl (C=O) groups excluding carboxylic acids is 1. The highest BCUT2D eigenvalue weighted by molar-refractivity contribution is 7.13. The number of nitrogens with zero attached hydrogens (tertiary/aromatic N) is 1. The van der Waals surface area contributed by atoms with Gasteiger partial charge in [-0.3, -0.25) is 4.79 Å². The minimum atomic E-state index is -0.0883. The Kier molecular flexibility index (Phi) is 6.77. The van der Waals surface area contributed by atoms with Crippen molar-refractivity contribution in [3.05, 3.63) is 70.7 Å². The lowest BCUT2D eigenvalue weighted by Crippen LogP contribution is -2.25. The van der Waals surface area contributed by atoms with E-state index in [9.17, 15) is 4.79 Å². The minimum absolute atomic E-state index is 0.0883. The summed E-state index contributed by atoms with van der Waals surface area (Å²) < 4.78 is 11.3. The molecule has 1 aliphatic rings. The largest absolute Gasteiger partial charge is 0.491 e. The van der Waals surface area contributed by atoms with Gasteiger partial charge in [-0.1, -0.05) is 29.8 Å². The van der Waals surface area contributed by atoms with E-state index in [1.54, 1.807) is 23.5 Å². The van der Waals surface area contributed by atoms with Gasteiger partial charge < -0.3 is 14.8 Å². The SMILES string of the molecule is Cc1ccc(-c2nc(CCNC(=O)c3ccc(OCC4CCCO4)cc3)cs2)cc1. The monoisotopic (exact) mass is 422 g/mol. The van der Waals surface area contributed by atoms with Crippen molar-refractivity contribution in [2.75, 3.05) is 19.8 Å². The smallest absolute Gasteiger partial charge is 0.251 e. The van der Waals surface area contributed by atoms with E-state index in [0.717, 1.165) is 41.5 Å². The normalized spacial score (nSPS) is 15.8. The first-order valence-corrected chi connectivity index (χ1v) is 11.2. The summed E-state index contributed by atoms with van der Waals surface area (Å²) in [7, 11) is 0. The molecule has 4 rings (SSSR count). The molecule has 1 atom stereocenters. The van der Waals surface area contributed by atoms with Crippen molar-refractivity contribution in [3.63, 3.8) is 0 Å². The summed E-state index contributed by atoms with van der Waals surface area (Å²) in [6.07, 6.45) is 3.04. The molecule has 1 aromatic heterocycles.